The number of halogens is 1. The van der Waals surface area contributed by atoms with Crippen LogP contribution < -0.4 is 5.32 Å². The van der Waals surface area contributed by atoms with E-state index in [0.717, 1.165) is 31.2 Å². The summed E-state index contributed by atoms with van der Waals surface area (Å²) in [4.78, 5) is 12.3. The van der Waals surface area contributed by atoms with Crippen molar-refractivity contribution in [3.05, 3.63) is 47.8 Å². The zero-order valence-electron chi connectivity index (χ0n) is 14.8. The summed E-state index contributed by atoms with van der Waals surface area (Å²) in [6.45, 7) is 3.29. The van der Waals surface area contributed by atoms with Crippen molar-refractivity contribution in [1.82, 2.24) is 19.5 Å². The van der Waals surface area contributed by atoms with Crippen LogP contribution in [0.5, 0.6) is 0 Å². The number of ether oxygens (including phenoxy) is 1. The Kier molecular flexibility index (Phi) is 4.79. The summed E-state index contributed by atoms with van der Waals surface area (Å²) < 4.78 is 21.8. The maximum absolute atomic E-state index is 14.0. The van der Waals surface area contributed by atoms with Gasteiger partial charge in [0.05, 0.1) is 6.33 Å². The Morgan fingerprint density at radius 3 is 2.88 bits per heavy atom. The highest BCUT2D eigenvalue weighted by atomic mass is 19.1. The Balaban J connectivity index is 1.61. The third kappa shape index (κ3) is 3.53. The molecule has 3 heterocycles. The SMILES string of the molecule is Cc1ccc(CNc2nc(F)nc3c2ncn3C2CCCCCO2)cc1. The standard InChI is InChI=1S/C19H22FN5O/c1-13-6-8-14(9-7-13)11-21-17-16-18(24-19(20)23-17)25(12-22-16)15-5-3-2-4-10-26-15/h6-9,12,15H,2-5,10-11H2,1H3,(H,21,23,24). The van der Waals surface area contributed by atoms with Gasteiger partial charge < -0.3 is 10.1 Å². The fourth-order valence-corrected chi connectivity index (χ4v) is 3.24. The number of fused-ring (bicyclic) bond motifs is 1. The lowest BCUT2D eigenvalue weighted by Gasteiger charge is -2.16. The van der Waals surface area contributed by atoms with Crippen molar-refractivity contribution in [3.8, 4) is 0 Å². The number of nitrogens with zero attached hydrogens (tertiary/aromatic N) is 4. The molecular formula is C19H22FN5O. The molecule has 1 aromatic carbocycles. The fourth-order valence-electron chi connectivity index (χ4n) is 3.24. The molecule has 7 heteroatoms. The van der Waals surface area contributed by atoms with Gasteiger partial charge in [-0.05, 0) is 31.7 Å². The number of rotatable bonds is 4. The van der Waals surface area contributed by atoms with Crippen molar-refractivity contribution in [1.29, 1.82) is 0 Å². The highest BCUT2D eigenvalue weighted by Crippen LogP contribution is 2.27. The van der Waals surface area contributed by atoms with Gasteiger partial charge in [-0.1, -0.05) is 36.2 Å². The van der Waals surface area contributed by atoms with Gasteiger partial charge in [0.2, 0.25) is 0 Å². The lowest BCUT2D eigenvalue weighted by atomic mass is 10.1. The molecule has 1 fully saturated rings. The van der Waals surface area contributed by atoms with E-state index in [2.05, 4.69) is 20.3 Å². The second-order valence-corrected chi connectivity index (χ2v) is 6.68. The van der Waals surface area contributed by atoms with Gasteiger partial charge in [0.1, 0.15) is 6.23 Å². The van der Waals surface area contributed by atoms with E-state index >= 15 is 0 Å². The van der Waals surface area contributed by atoms with Crippen molar-refractivity contribution in [2.45, 2.75) is 45.4 Å². The van der Waals surface area contributed by atoms with Crippen molar-refractivity contribution in [3.63, 3.8) is 0 Å². The minimum absolute atomic E-state index is 0.151. The molecule has 1 atom stereocenters. The summed E-state index contributed by atoms with van der Waals surface area (Å²) >= 11 is 0. The minimum atomic E-state index is -0.765. The predicted octanol–water partition coefficient (Wildman–Crippen LogP) is 3.98. The van der Waals surface area contributed by atoms with E-state index in [1.165, 1.54) is 5.56 Å². The normalized spacial score (nSPS) is 18.0. The average Bonchev–Trinajstić information content (AvgIpc) is 2.88. The van der Waals surface area contributed by atoms with Gasteiger partial charge in [-0.2, -0.15) is 14.4 Å². The van der Waals surface area contributed by atoms with E-state index in [1.54, 1.807) is 6.33 Å². The summed E-state index contributed by atoms with van der Waals surface area (Å²) in [5.41, 5.74) is 3.32. The van der Waals surface area contributed by atoms with E-state index in [4.69, 9.17) is 4.74 Å². The monoisotopic (exact) mass is 355 g/mol. The van der Waals surface area contributed by atoms with E-state index in [1.807, 2.05) is 35.8 Å². The first-order valence-electron chi connectivity index (χ1n) is 9.02. The van der Waals surface area contributed by atoms with E-state index < -0.39 is 6.08 Å². The van der Waals surface area contributed by atoms with Gasteiger partial charge in [-0.15, -0.1) is 0 Å². The van der Waals surface area contributed by atoms with Crippen LogP contribution in [0.3, 0.4) is 0 Å². The number of nitrogens with one attached hydrogen (secondary N) is 1. The summed E-state index contributed by atoms with van der Waals surface area (Å²) in [5.74, 6) is 0.403. The number of hydrogen-bond donors (Lipinski definition) is 1. The first kappa shape index (κ1) is 16.9. The molecule has 1 saturated heterocycles. The molecule has 1 N–H and O–H groups in total. The van der Waals surface area contributed by atoms with Gasteiger partial charge >= 0.3 is 6.08 Å². The van der Waals surface area contributed by atoms with Crippen LogP contribution >= 0.6 is 0 Å². The Hall–Kier alpha value is -2.54. The molecule has 3 aromatic rings. The van der Waals surface area contributed by atoms with Gasteiger partial charge in [0.15, 0.2) is 17.0 Å². The highest BCUT2D eigenvalue weighted by molar-refractivity contribution is 5.82. The van der Waals surface area contributed by atoms with Crippen LogP contribution in [0.25, 0.3) is 11.2 Å². The molecule has 0 aliphatic carbocycles. The maximum Gasteiger partial charge on any atom is 0.312 e. The van der Waals surface area contributed by atoms with Gasteiger partial charge in [-0.3, -0.25) is 4.57 Å². The number of aryl methyl sites for hydroxylation is 1. The molecule has 136 valence electrons. The number of hydrogen-bond acceptors (Lipinski definition) is 5. The Morgan fingerprint density at radius 1 is 1.19 bits per heavy atom. The summed E-state index contributed by atoms with van der Waals surface area (Å²) in [6, 6.07) is 8.17. The molecule has 0 saturated carbocycles. The molecule has 26 heavy (non-hydrogen) atoms. The Bertz CT molecular complexity index is 885. The summed E-state index contributed by atoms with van der Waals surface area (Å²) in [5, 5.41) is 3.19. The van der Waals surface area contributed by atoms with Crippen molar-refractivity contribution in [2.75, 3.05) is 11.9 Å². The van der Waals surface area contributed by atoms with Crippen molar-refractivity contribution >= 4 is 17.0 Å². The van der Waals surface area contributed by atoms with Gasteiger partial charge in [0, 0.05) is 13.2 Å². The zero-order valence-corrected chi connectivity index (χ0v) is 14.8. The second-order valence-electron chi connectivity index (χ2n) is 6.68. The second kappa shape index (κ2) is 7.37. The van der Waals surface area contributed by atoms with E-state index in [9.17, 15) is 4.39 Å². The van der Waals surface area contributed by atoms with Crippen LogP contribution in [0, 0.1) is 13.0 Å². The molecule has 2 aromatic heterocycles. The van der Waals surface area contributed by atoms with Crippen LogP contribution in [0.4, 0.5) is 10.2 Å². The predicted molar refractivity (Wildman–Crippen MR) is 97.2 cm³/mol. The fraction of sp³-hybridized carbons (Fsp3) is 0.421. The topological polar surface area (TPSA) is 64.9 Å². The molecule has 4 rings (SSSR count). The Morgan fingerprint density at radius 2 is 2.04 bits per heavy atom. The smallest absolute Gasteiger partial charge is 0.312 e. The van der Waals surface area contributed by atoms with Crippen LogP contribution in [0.1, 0.15) is 43.0 Å². The molecule has 1 aliphatic rings. The third-order valence-electron chi connectivity index (χ3n) is 4.69. The minimum Gasteiger partial charge on any atom is -0.364 e. The lowest BCUT2D eigenvalue weighted by Crippen LogP contribution is -2.12. The average molecular weight is 355 g/mol. The van der Waals surface area contributed by atoms with Crippen LogP contribution in [-0.4, -0.2) is 26.1 Å². The third-order valence-corrected chi connectivity index (χ3v) is 4.69. The molecular weight excluding hydrogens is 333 g/mol. The van der Waals surface area contributed by atoms with Gasteiger partial charge in [0.25, 0.3) is 0 Å². The highest BCUT2D eigenvalue weighted by Gasteiger charge is 2.20. The number of imidazole rings is 1. The molecule has 0 spiro atoms. The number of anilines is 1. The molecule has 6 nitrogen and oxygen atoms in total. The van der Waals surface area contributed by atoms with Crippen LogP contribution in [0.15, 0.2) is 30.6 Å². The van der Waals surface area contributed by atoms with E-state index in [-0.39, 0.29) is 6.23 Å². The number of aromatic nitrogens is 4. The maximum atomic E-state index is 14.0. The Labute approximate surface area is 151 Å². The van der Waals surface area contributed by atoms with Crippen molar-refractivity contribution in [2.24, 2.45) is 0 Å². The molecule has 0 bridgehead atoms. The number of benzene rings is 1. The molecule has 0 radical (unpaired) electrons. The van der Waals surface area contributed by atoms with E-state index in [0.29, 0.717) is 30.1 Å². The lowest BCUT2D eigenvalue weighted by molar-refractivity contribution is 0.00928. The largest absolute Gasteiger partial charge is 0.364 e. The summed E-state index contributed by atoms with van der Waals surface area (Å²) in [7, 11) is 0. The van der Waals surface area contributed by atoms with Gasteiger partial charge in [-0.25, -0.2) is 4.98 Å². The molecule has 0 amide bonds. The molecule has 1 aliphatic heterocycles. The first-order valence-corrected chi connectivity index (χ1v) is 9.02. The van der Waals surface area contributed by atoms with Crippen LogP contribution in [0.2, 0.25) is 0 Å². The molecule has 1 unspecified atom stereocenters. The quantitative estimate of drug-likeness (QED) is 0.717. The van der Waals surface area contributed by atoms with Crippen LogP contribution in [-0.2, 0) is 11.3 Å². The summed E-state index contributed by atoms with van der Waals surface area (Å²) in [6.07, 6.45) is 4.91. The zero-order chi connectivity index (χ0) is 17.9. The van der Waals surface area contributed by atoms with Crippen molar-refractivity contribution < 1.29 is 9.13 Å². The first-order chi connectivity index (χ1) is 12.7.